The van der Waals surface area contributed by atoms with E-state index in [-0.39, 0.29) is 4.90 Å². The third kappa shape index (κ3) is 1.88. The van der Waals surface area contributed by atoms with Crippen LogP contribution in [0.5, 0.6) is 0 Å². The number of hydrogen-bond acceptors (Lipinski definition) is 3. The van der Waals surface area contributed by atoms with Crippen molar-refractivity contribution in [2.24, 2.45) is 0 Å². The van der Waals surface area contributed by atoms with Crippen LogP contribution in [-0.4, -0.2) is 17.4 Å². The molecular formula is C9H7ClN2O2S. The van der Waals surface area contributed by atoms with Crippen molar-refractivity contribution >= 4 is 21.6 Å². The lowest BCUT2D eigenvalue weighted by molar-refractivity contribution is 0.587. The fourth-order valence-electron chi connectivity index (χ4n) is 1.12. The molecule has 0 fully saturated rings. The molecular weight excluding hydrogens is 236 g/mol. The molecule has 0 unspecified atom stereocenters. The first-order valence-electron chi connectivity index (χ1n) is 4.10. The Labute approximate surface area is 92.2 Å². The van der Waals surface area contributed by atoms with Gasteiger partial charge in [0.05, 0.1) is 4.90 Å². The summed E-state index contributed by atoms with van der Waals surface area (Å²) >= 11 is 5.67. The highest BCUT2D eigenvalue weighted by Gasteiger charge is 2.15. The molecule has 0 amide bonds. The largest absolute Gasteiger partial charge is 0.268 e. The Balaban J connectivity index is 2.52. The number of nitrogens with zero attached hydrogens (tertiary/aromatic N) is 2. The molecule has 15 heavy (non-hydrogen) atoms. The third-order valence-electron chi connectivity index (χ3n) is 1.87. The molecule has 1 aromatic heterocycles. The van der Waals surface area contributed by atoms with Crippen molar-refractivity contribution in [3.8, 4) is 0 Å². The van der Waals surface area contributed by atoms with Gasteiger partial charge in [0.1, 0.15) is 6.33 Å². The fraction of sp³-hybridized carbons (Fsp3) is 0. The van der Waals surface area contributed by atoms with Crippen molar-refractivity contribution in [1.82, 2.24) is 8.96 Å². The number of benzene rings is 1. The molecule has 0 bridgehead atoms. The normalized spacial score (nSPS) is 11.5. The Morgan fingerprint density at radius 2 is 1.87 bits per heavy atom. The molecule has 0 N–H and O–H groups in total. The monoisotopic (exact) mass is 242 g/mol. The fourth-order valence-corrected chi connectivity index (χ4v) is 2.36. The number of hydrogen-bond donors (Lipinski definition) is 0. The standard InChI is InChI=1S/C9H7ClN2O2S/c10-8-1-3-9(4-2-8)15(13,14)12-6-5-11-7-12/h1-7H. The van der Waals surface area contributed by atoms with E-state index in [1.54, 1.807) is 0 Å². The van der Waals surface area contributed by atoms with Gasteiger partial charge in [-0.1, -0.05) is 11.6 Å². The summed E-state index contributed by atoms with van der Waals surface area (Å²) in [5.74, 6) is 0. The minimum absolute atomic E-state index is 0.185. The van der Waals surface area contributed by atoms with E-state index in [0.717, 1.165) is 3.97 Å². The van der Waals surface area contributed by atoms with Crippen LogP contribution in [0.15, 0.2) is 47.9 Å². The lowest BCUT2D eigenvalue weighted by Gasteiger charge is -2.04. The van der Waals surface area contributed by atoms with E-state index in [4.69, 9.17) is 11.6 Å². The van der Waals surface area contributed by atoms with Crippen LogP contribution in [0.1, 0.15) is 0 Å². The molecule has 0 saturated carbocycles. The Morgan fingerprint density at radius 3 is 2.40 bits per heavy atom. The van der Waals surface area contributed by atoms with E-state index in [9.17, 15) is 8.42 Å². The van der Waals surface area contributed by atoms with E-state index in [0.29, 0.717) is 5.02 Å². The van der Waals surface area contributed by atoms with Gasteiger partial charge in [0.15, 0.2) is 0 Å². The summed E-state index contributed by atoms with van der Waals surface area (Å²) in [6.07, 6.45) is 4.03. The highest BCUT2D eigenvalue weighted by molar-refractivity contribution is 7.90. The second-order valence-electron chi connectivity index (χ2n) is 2.85. The molecule has 0 atom stereocenters. The average molecular weight is 243 g/mol. The third-order valence-corrected chi connectivity index (χ3v) is 3.76. The Bertz CT molecular complexity index is 546. The van der Waals surface area contributed by atoms with Crippen LogP contribution >= 0.6 is 11.6 Å². The van der Waals surface area contributed by atoms with E-state index in [2.05, 4.69) is 4.98 Å². The van der Waals surface area contributed by atoms with Gasteiger partial charge in [-0.2, -0.15) is 0 Å². The maximum Gasteiger partial charge on any atom is 0.268 e. The van der Waals surface area contributed by atoms with Crippen LogP contribution in [-0.2, 0) is 10.0 Å². The van der Waals surface area contributed by atoms with E-state index in [1.807, 2.05) is 0 Å². The van der Waals surface area contributed by atoms with Crippen molar-refractivity contribution < 1.29 is 8.42 Å². The second-order valence-corrected chi connectivity index (χ2v) is 5.13. The van der Waals surface area contributed by atoms with Gasteiger partial charge < -0.3 is 0 Å². The van der Waals surface area contributed by atoms with Gasteiger partial charge in [0.2, 0.25) is 0 Å². The molecule has 0 aliphatic carbocycles. The summed E-state index contributed by atoms with van der Waals surface area (Å²) in [6.45, 7) is 0. The lowest BCUT2D eigenvalue weighted by Crippen LogP contribution is -2.10. The van der Waals surface area contributed by atoms with Crippen molar-refractivity contribution in [3.63, 3.8) is 0 Å². The summed E-state index contributed by atoms with van der Waals surface area (Å²) in [4.78, 5) is 3.87. The zero-order valence-corrected chi connectivity index (χ0v) is 9.11. The van der Waals surface area contributed by atoms with E-state index in [1.165, 1.54) is 43.0 Å². The molecule has 0 saturated heterocycles. The first-order valence-corrected chi connectivity index (χ1v) is 5.91. The van der Waals surface area contributed by atoms with Gasteiger partial charge in [-0.3, -0.25) is 0 Å². The van der Waals surface area contributed by atoms with E-state index < -0.39 is 10.0 Å². The topological polar surface area (TPSA) is 52.0 Å². The molecule has 0 aliphatic heterocycles. The SMILES string of the molecule is O=S(=O)(c1ccc(Cl)cc1)n1ccnc1. The molecule has 78 valence electrons. The zero-order chi connectivity index (χ0) is 10.9. The smallest absolute Gasteiger partial charge is 0.244 e. The maximum absolute atomic E-state index is 11.9. The highest BCUT2D eigenvalue weighted by Crippen LogP contribution is 2.16. The molecule has 0 spiro atoms. The highest BCUT2D eigenvalue weighted by atomic mass is 35.5. The Hall–Kier alpha value is -1.33. The molecule has 1 aromatic carbocycles. The Morgan fingerprint density at radius 1 is 1.20 bits per heavy atom. The first kappa shape index (κ1) is 10.2. The van der Waals surface area contributed by atoms with Gasteiger partial charge in [-0.15, -0.1) is 0 Å². The number of halogens is 1. The predicted molar refractivity (Wildman–Crippen MR) is 56.3 cm³/mol. The Kier molecular flexibility index (Phi) is 2.50. The summed E-state index contributed by atoms with van der Waals surface area (Å²) in [6, 6.07) is 5.98. The van der Waals surface area contributed by atoms with Crippen LogP contribution in [0, 0.1) is 0 Å². The molecule has 6 heteroatoms. The number of rotatable bonds is 2. The maximum atomic E-state index is 11.9. The van der Waals surface area contributed by atoms with Crippen LogP contribution in [0.2, 0.25) is 5.02 Å². The predicted octanol–water partition coefficient (Wildman–Crippen LogP) is 1.77. The molecule has 0 aliphatic rings. The molecule has 2 rings (SSSR count). The number of aromatic nitrogens is 2. The molecule has 4 nitrogen and oxygen atoms in total. The minimum Gasteiger partial charge on any atom is -0.244 e. The van der Waals surface area contributed by atoms with Crippen LogP contribution < -0.4 is 0 Å². The van der Waals surface area contributed by atoms with Gasteiger partial charge in [0.25, 0.3) is 10.0 Å². The lowest BCUT2D eigenvalue weighted by atomic mass is 10.4. The minimum atomic E-state index is -3.52. The summed E-state index contributed by atoms with van der Waals surface area (Å²) in [5.41, 5.74) is 0. The summed E-state index contributed by atoms with van der Waals surface area (Å²) in [7, 11) is -3.52. The summed E-state index contributed by atoms with van der Waals surface area (Å²) < 4.78 is 24.8. The molecule has 2 aromatic rings. The van der Waals surface area contributed by atoms with Gasteiger partial charge >= 0.3 is 0 Å². The van der Waals surface area contributed by atoms with Crippen LogP contribution in [0.4, 0.5) is 0 Å². The van der Waals surface area contributed by atoms with Crippen molar-refractivity contribution in [3.05, 3.63) is 48.0 Å². The van der Waals surface area contributed by atoms with Crippen LogP contribution in [0.25, 0.3) is 0 Å². The van der Waals surface area contributed by atoms with E-state index >= 15 is 0 Å². The molecule has 0 radical (unpaired) electrons. The first-order chi connectivity index (χ1) is 7.10. The van der Waals surface area contributed by atoms with Gasteiger partial charge in [-0.25, -0.2) is 17.4 Å². The van der Waals surface area contributed by atoms with Crippen molar-refractivity contribution in [2.75, 3.05) is 0 Å². The van der Waals surface area contributed by atoms with Crippen LogP contribution in [0.3, 0.4) is 0 Å². The van der Waals surface area contributed by atoms with Gasteiger partial charge in [0, 0.05) is 17.4 Å². The molecule has 1 heterocycles. The average Bonchev–Trinajstić information content (AvgIpc) is 2.71. The quantitative estimate of drug-likeness (QED) is 0.807. The number of imidazole rings is 1. The van der Waals surface area contributed by atoms with Gasteiger partial charge in [-0.05, 0) is 24.3 Å². The van der Waals surface area contributed by atoms with Crippen molar-refractivity contribution in [2.45, 2.75) is 4.90 Å². The zero-order valence-electron chi connectivity index (χ0n) is 7.54. The summed E-state index contributed by atoms with van der Waals surface area (Å²) in [5, 5.41) is 0.500. The van der Waals surface area contributed by atoms with Crippen molar-refractivity contribution in [1.29, 1.82) is 0 Å². The second kappa shape index (κ2) is 3.67.